The number of fused-ring (bicyclic) bond motifs is 5. The Balaban J connectivity index is 1.57. The highest BCUT2D eigenvalue weighted by Gasteiger charge is 2.78. The largest absolute Gasteiger partial charge is 0.496 e. The highest BCUT2D eigenvalue weighted by Crippen LogP contribution is 2.64. The van der Waals surface area contributed by atoms with Gasteiger partial charge in [-0.3, -0.25) is 19.2 Å². The van der Waals surface area contributed by atoms with Crippen LogP contribution in [0.4, 0.5) is 18.0 Å². The molecule has 1 heterocycles. The SMILES string of the molecule is CC/C=C\C/C=C\C/C=C\C/C=C\C/C=C\CCCC(=O)O[C@@H](C(=O)O[C@H]1C[C@@]2(O)[C@@H](OC(=O)c3ccccc3OC)C3[C@](C)(C(=O)[C@H](OC(=O)CC)C(=C1C)C2(C)C)[C@@H](O)C[C@H]1OC[C@@]31OC(C)=O)[C@@H](NC(=O)OC(C)(C)C)C(F)(F)F. The van der Waals surface area contributed by atoms with Gasteiger partial charge >= 0.3 is 42.1 Å². The van der Waals surface area contributed by atoms with Gasteiger partial charge in [-0.15, -0.1) is 0 Å². The molecule has 5 rings (SSSR count). The third-order valence-electron chi connectivity index (χ3n) is 15.7. The Morgan fingerprint density at radius 1 is 0.855 bits per heavy atom. The van der Waals surface area contributed by atoms with E-state index in [1.165, 1.54) is 80.7 Å². The lowest BCUT2D eigenvalue weighted by molar-refractivity contribution is -0.346. The predicted molar refractivity (Wildman–Crippen MR) is 297 cm³/mol. The van der Waals surface area contributed by atoms with Gasteiger partial charge in [-0.2, -0.15) is 13.2 Å². The normalized spacial score (nSPS) is 27.7. The molecular weight excluding hydrogens is 1090 g/mol. The highest BCUT2D eigenvalue weighted by atomic mass is 19.4. The van der Waals surface area contributed by atoms with Crippen LogP contribution in [0, 0.1) is 16.7 Å². The number of aliphatic hydroxyl groups is 2. The lowest BCUT2D eigenvalue weighted by Crippen LogP contribution is -2.82. The molecule has 1 amide bonds. The minimum Gasteiger partial charge on any atom is -0.496 e. The van der Waals surface area contributed by atoms with Gasteiger partial charge in [-0.05, 0) is 103 Å². The standard InChI is InChI=1S/C62H82F3NO17/c1-12-14-15-16-17-18-19-20-21-22-23-24-25-26-27-28-29-34-46(70)80-49(51(62(63,64)65)66-56(74)83-57(5,6)7)55(73)78-42-36-61(75)53(81-54(72)40-32-30-31-33-41(40)76-11)50-59(10,43(68)35-44-60(50,37-77-44)82-39(4)67)52(71)48(79-45(69)13-2)47(38(42)3)58(61,8)9/h14-15,17-18,20-21,23-24,26-27,30-33,42-44,48-51,53,68,75H,12-13,16,19,22,25,28-29,34-37H2,1-11H3,(H,66,74)/b15-14-,18-17-,21-20-,24-23-,27-26-/t42-,43-,44+,48+,49+,50?,51+,53-,59+,60-,61+/m0/s1. The van der Waals surface area contributed by atoms with Crippen LogP contribution in [-0.4, -0.2) is 131 Å². The van der Waals surface area contributed by atoms with Crippen LogP contribution in [0.3, 0.4) is 0 Å². The summed E-state index contributed by atoms with van der Waals surface area (Å²) in [5, 5.41) is 27.8. The second kappa shape index (κ2) is 28.3. The van der Waals surface area contributed by atoms with Crippen LogP contribution in [0.2, 0.25) is 0 Å². The minimum absolute atomic E-state index is 0.00376. The Kier molecular flexibility index (Phi) is 22.9. The number of alkyl carbamates (subject to hydrolysis) is 1. The van der Waals surface area contributed by atoms with Crippen molar-refractivity contribution in [2.24, 2.45) is 16.7 Å². The first-order valence-electron chi connectivity index (χ1n) is 28.2. The molecule has 1 aliphatic heterocycles. The first kappa shape index (κ1) is 67.2. The van der Waals surface area contributed by atoms with Gasteiger partial charge in [0.15, 0.2) is 23.5 Å². The van der Waals surface area contributed by atoms with E-state index in [0.717, 1.165) is 32.6 Å². The van der Waals surface area contributed by atoms with E-state index in [4.69, 9.17) is 37.9 Å². The topological polar surface area (TPSA) is 246 Å². The number of allylic oxidation sites excluding steroid dienone is 10. The van der Waals surface area contributed by atoms with Gasteiger partial charge in [0.25, 0.3) is 0 Å². The van der Waals surface area contributed by atoms with Gasteiger partial charge in [-0.1, -0.05) is 101 Å². The second-order valence-corrected chi connectivity index (χ2v) is 22.9. The number of amides is 1. The number of hydrogen-bond acceptors (Lipinski definition) is 17. The number of Topliss-reactive ketones (excluding diaryl/α,β-unsaturated/α-hetero) is 1. The number of carbonyl (C=O) groups excluding carboxylic acids is 7. The summed E-state index contributed by atoms with van der Waals surface area (Å²) < 4.78 is 92.4. The number of esters is 5. The Morgan fingerprint density at radius 3 is 1.98 bits per heavy atom. The van der Waals surface area contributed by atoms with Crippen LogP contribution in [0.15, 0.2) is 96.2 Å². The van der Waals surface area contributed by atoms with Crippen molar-refractivity contribution < 1.29 is 94.8 Å². The van der Waals surface area contributed by atoms with Crippen LogP contribution in [0.1, 0.15) is 150 Å². The molecule has 1 aromatic rings. The average molecular weight is 1170 g/mol. The monoisotopic (exact) mass is 1170 g/mol. The van der Waals surface area contributed by atoms with Gasteiger partial charge in [0.1, 0.15) is 40.8 Å². The summed E-state index contributed by atoms with van der Waals surface area (Å²) >= 11 is 0. The van der Waals surface area contributed by atoms with Crippen LogP contribution in [-0.2, 0) is 57.1 Å². The van der Waals surface area contributed by atoms with Crippen molar-refractivity contribution in [2.75, 3.05) is 13.7 Å². The average Bonchev–Trinajstić information content (AvgIpc) is 0.697. The number of hydrogen-bond donors (Lipinski definition) is 3. The zero-order valence-electron chi connectivity index (χ0n) is 49.3. The van der Waals surface area contributed by atoms with Crippen molar-refractivity contribution >= 4 is 41.7 Å². The number of benzene rings is 1. The lowest BCUT2D eigenvalue weighted by atomic mass is 9.44. The lowest BCUT2D eigenvalue weighted by Gasteiger charge is -2.67. The first-order valence-corrected chi connectivity index (χ1v) is 28.2. The smallest absolute Gasteiger partial charge is 0.413 e. The van der Waals surface area contributed by atoms with Crippen molar-refractivity contribution in [3.05, 3.63) is 102 Å². The molecule has 0 spiro atoms. The Labute approximate surface area is 483 Å². The minimum atomic E-state index is -5.54. The van der Waals surface area contributed by atoms with E-state index in [1.807, 2.05) is 24.3 Å². The van der Waals surface area contributed by atoms with Gasteiger partial charge in [-0.25, -0.2) is 14.4 Å². The zero-order chi connectivity index (χ0) is 61.7. The maximum atomic E-state index is 15.8. The molecule has 83 heavy (non-hydrogen) atoms. The van der Waals surface area contributed by atoms with E-state index in [9.17, 15) is 39.0 Å². The summed E-state index contributed by atoms with van der Waals surface area (Å²) in [6.07, 6.45) is 3.20. The van der Waals surface area contributed by atoms with Gasteiger partial charge in [0, 0.05) is 38.0 Å². The van der Waals surface area contributed by atoms with E-state index >= 15 is 18.0 Å². The molecule has 2 saturated carbocycles. The van der Waals surface area contributed by atoms with Crippen molar-refractivity contribution in [3.8, 4) is 5.75 Å². The summed E-state index contributed by atoms with van der Waals surface area (Å²) in [5.74, 6) is -9.01. The van der Waals surface area contributed by atoms with E-state index in [-0.39, 0.29) is 48.1 Å². The quantitative estimate of drug-likeness (QED) is 0.0377. The van der Waals surface area contributed by atoms with Crippen molar-refractivity contribution in [1.29, 1.82) is 0 Å². The predicted octanol–water partition coefficient (Wildman–Crippen LogP) is 9.89. The number of carbonyl (C=O) groups is 7. The van der Waals surface area contributed by atoms with E-state index < -0.39 is 144 Å². The summed E-state index contributed by atoms with van der Waals surface area (Å²) in [6.45, 7) is 13.7. The fraction of sp³-hybridized carbons (Fsp3) is 0.597. The zero-order valence-corrected chi connectivity index (χ0v) is 49.3. The molecule has 0 aromatic heterocycles. The summed E-state index contributed by atoms with van der Waals surface area (Å²) in [7, 11) is 1.28. The van der Waals surface area contributed by atoms with Gasteiger partial charge in [0.05, 0.1) is 31.2 Å². The van der Waals surface area contributed by atoms with Crippen molar-refractivity contribution in [1.82, 2.24) is 5.32 Å². The molecule has 3 fully saturated rings. The Morgan fingerprint density at radius 2 is 1.45 bits per heavy atom. The van der Waals surface area contributed by atoms with Gasteiger partial charge in [0.2, 0.25) is 6.10 Å². The first-order chi connectivity index (χ1) is 38.9. The molecule has 458 valence electrons. The Hall–Kier alpha value is -6.58. The number of para-hydroxylation sites is 1. The third kappa shape index (κ3) is 15.6. The van der Waals surface area contributed by atoms with E-state index in [1.54, 1.807) is 17.5 Å². The molecule has 1 unspecified atom stereocenters. The highest BCUT2D eigenvalue weighted by molar-refractivity contribution is 5.96. The number of aliphatic hydroxyl groups excluding tert-OH is 1. The van der Waals surface area contributed by atoms with E-state index in [2.05, 4.69) is 37.3 Å². The molecule has 1 saturated heterocycles. The number of nitrogens with one attached hydrogen (secondary N) is 1. The molecule has 2 bridgehead atoms. The molecule has 3 N–H and O–H groups in total. The molecule has 3 aliphatic carbocycles. The number of unbranched alkanes of at least 4 members (excludes halogenated alkanes) is 1. The number of ether oxygens (including phenoxy) is 8. The number of ketones is 1. The molecule has 11 atom stereocenters. The second-order valence-electron chi connectivity index (χ2n) is 22.9. The molecule has 0 radical (unpaired) electrons. The summed E-state index contributed by atoms with van der Waals surface area (Å²) in [6, 6.07) is 2.52. The van der Waals surface area contributed by atoms with Crippen LogP contribution in [0.25, 0.3) is 0 Å². The van der Waals surface area contributed by atoms with Crippen LogP contribution < -0.4 is 10.1 Å². The van der Waals surface area contributed by atoms with Crippen molar-refractivity contribution in [3.63, 3.8) is 0 Å². The fourth-order valence-corrected chi connectivity index (χ4v) is 11.5. The molecular formula is C62H82F3NO17. The van der Waals surface area contributed by atoms with Crippen LogP contribution >= 0.6 is 0 Å². The summed E-state index contributed by atoms with van der Waals surface area (Å²) in [5.41, 5.74) is -10.8. The number of alkyl halides is 3. The molecule has 1 aromatic carbocycles. The fourth-order valence-electron chi connectivity index (χ4n) is 11.5. The Bertz CT molecular complexity index is 2700. The molecule has 18 nitrogen and oxygen atoms in total. The number of halogens is 3. The number of rotatable bonds is 24. The van der Waals surface area contributed by atoms with Gasteiger partial charge < -0.3 is 53.4 Å². The molecule has 21 heteroatoms. The maximum Gasteiger partial charge on any atom is 0.413 e. The molecule has 4 aliphatic rings. The van der Waals surface area contributed by atoms with Crippen LogP contribution in [0.5, 0.6) is 5.75 Å². The number of methoxy groups -OCH3 is 1. The third-order valence-corrected chi connectivity index (χ3v) is 15.7. The van der Waals surface area contributed by atoms with Crippen molar-refractivity contribution in [2.45, 2.75) is 206 Å². The summed E-state index contributed by atoms with van der Waals surface area (Å²) in [4.78, 5) is 98.9. The maximum absolute atomic E-state index is 15.8. The van der Waals surface area contributed by atoms with E-state index in [0.29, 0.717) is 6.42 Å².